The maximum Gasteiger partial charge on any atom is 0.342 e. The van der Waals surface area contributed by atoms with E-state index in [1.54, 1.807) is 24.5 Å². The number of aromatic nitrogens is 2. The Bertz CT molecular complexity index is 705. The fourth-order valence-corrected chi connectivity index (χ4v) is 3.76. The lowest BCUT2D eigenvalue weighted by Gasteiger charge is -2.26. The van der Waals surface area contributed by atoms with E-state index in [1.807, 2.05) is 0 Å². The molecule has 1 atom stereocenters. The van der Waals surface area contributed by atoms with Crippen molar-refractivity contribution in [3.63, 3.8) is 0 Å². The van der Waals surface area contributed by atoms with E-state index in [9.17, 15) is 9.18 Å². The van der Waals surface area contributed by atoms with E-state index in [4.69, 9.17) is 0 Å². The zero-order chi connectivity index (χ0) is 16.5. The van der Waals surface area contributed by atoms with Crippen LogP contribution in [0.5, 0.6) is 0 Å². The summed E-state index contributed by atoms with van der Waals surface area (Å²) in [6.45, 7) is 3.22. The van der Waals surface area contributed by atoms with Gasteiger partial charge in [-0.2, -0.15) is 9.78 Å². The molecular formula is C18H21FN4O. The first-order chi connectivity index (χ1) is 11.7. The first-order valence-corrected chi connectivity index (χ1v) is 8.51. The molecule has 0 spiro atoms. The van der Waals surface area contributed by atoms with E-state index in [0.29, 0.717) is 0 Å². The monoisotopic (exact) mass is 328 g/mol. The highest BCUT2D eigenvalue weighted by Crippen LogP contribution is 2.26. The molecule has 1 amide bonds. The number of nitrogens with zero attached hydrogens (tertiary/aromatic N) is 3. The molecule has 1 aromatic heterocycles. The van der Waals surface area contributed by atoms with E-state index in [2.05, 4.69) is 15.3 Å². The van der Waals surface area contributed by atoms with Crippen LogP contribution >= 0.6 is 0 Å². The molecule has 0 radical (unpaired) electrons. The predicted molar refractivity (Wildman–Crippen MR) is 89.1 cm³/mol. The van der Waals surface area contributed by atoms with Crippen LogP contribution in [0.15, 0.2) is 36.7 Å². The van der Waals surface area contributed by atoms with Crippen LogP contribution in [0.2, 0.25) is 0 Å². The van der Waals surface area contributed by atoms with Crippen molar-refractivity contribution >= 4 is 6.03 Å². The summed E-state index contributed by atoms with van der Waals surface area (Å²) in [5, 5.41) is 7.26. The molecule has 126 valence electrons. The van der Waals surface area contributed by atoms with Gasteiger partial charge in [-0.1, -0.05) is 12.1 Å². The second-order valence-electron chi connectivity index (χ2n) is 6.81. The molecule has 5 nitrogen and oxygen atoms in total. The summed E-state index contributed by atoms with van der Waals surface area (Å²) < 4.78 is 14.3. The molecule has 6 heteroatoms. The molecule has 1 aromatic carbocycles. The third-order valence-electron chi connectivity index (χ3n) is 5.10. The minimum Gasteiger partial charge on any atom is -0.332 e. The van der Waals surface area contributed by atoms with Crippen molar-refractivity contribution in [2.75, 3.05) is 19.6 Å². The molecule has 1 N–H and O–H groups in total. The van der Waals surface area contributed by atoms with Gasteiger partial charge in [-0.3, -0.25) is 0 Å². The second-order valence-corrected chi connectivity index (χ2v) is 6.81. The Hall–Kier alpha value is -2.21. The van der Waals surface area contributed by atoms with Crippen molar-refractivity contribution in [2.24, 2.45) is 5.92 Å². The van der Waals surface area contributed by atoms with E-state index < -0.39 is 0 Å². The number of nitrogens with one attached hydrogen (secondary N) is 1. The van der Waals surface area contributed by atoms with Crippen LogP contribution in [0.25, 0.3) is 11.1 Å². The lowest BCUT2D eigenvalue weighted by Crippen LogP contribution is -2.43. The van der Waals surface area contributed by atoms with Crippen LogP contribution in [0, 0.1) is 11.7 Å². The number of carbonyl (C=O) groups is 1. The quantitative estimate of drug-likeness (QED) is 0.922. The lowest BCUT2D eigenvalue weighted by molar-refractivity contribution is 0.216. The van der Waals surface area contributed by atoms with Gasteiger partial charge in [-0.25, -0.2) is 9.18 Å². The van der Waals surface area contributed by atoms with Crippen molar-refractivity contribution < 1.29 is 9.18 Å². The largest absolute Gasteiger partial charge is 0.342 e. The standard InChI is InChI=1S/C18H21FN4O/c19-16-3-1-14(2-4-16)15-10-20-23(11-15)18(24)21-17-9-13-5-7-22(12-17)8-6-13/h1-4,10-11,13,17H,5-9,12H2,(H,21,24). The van der Waals surface area contributed by atoms with Crippen molar-refractivity contribution in [1.29, 1.82) is 0 Å². The minimum absolute atomic E-state index is 0.186. The van der Waals surface area contributed by atoms with E-state index in [0.717, 1.165) is 43.1 Å². The summed E-state index contributed by atoms with van der Waals surface area (Å²) in [5.41, 5.74) is 1.64. The maximum atomic E-state index is 13.0. The van der Waals surface area contributed by atoms with Gasteiger partial charge in [0.1, 0.15) is 5.82 Å². The van der Waals surface area contributed by atoms with Crippen LogP contribution < -0.4 is 5.32 Å². The van der Waals surface area contributed by atoms with Crippen molar-refractivity contribution in [1.82, 2.24) is 20.0 Å². The number of piperidine rings is 1. The summed E-state index contributed by atoms with van der Waals surface area (Å²) in [5.74, 6) is 0.448. The predicted octanol–water partition coefficient (Wildman–Crippen LogP) is 2.73. The molecule has 5 rings (SSSR count). The topological polar surface area (TPSA) is 50.2 Å². The molecule has 24 heavy (non-hydrogen) atoms. The van der Waals surface area contributed by atoms with Gasteiger partial charge in [-0.15, -0.1) is 0 Å². The molecule has 0 saturated carbocycles. The number of amides is 1. The van der Waals surface area contributed by atoms with E-state index in [-0.39, 0.29) is 17.9 Å². The maximum absolute atomic E-state index is 13.0. The van der Waals surface area contributed by atoms with Gasteiger partial charge in [0, 0.05) is 24.3 Å². The highest BCUT2D eigenvalue weighted by atomic mass is 19.1. The number of carbonyl (C=O) groups excluding carboxylic acids is 1. The van der Waals surface area contributed by atoms with Crippen molar-refractivity contribution in [3.05, 3.63) is 42.5 Å². The van der Waals surface area contributed by atoms with Gasteiger partial charge in [0.2, 0.25) is 0 Å². The number of hydrogen-bond acceptors (Lipinski definition) is 3. The molecular weight excluding hydrogens is 307 g/mol. The summed E-state index contributed by atoms with van der Waals surface area (Å²) in [6, 6.07) is 6.17. The number of fused-ring (bicyclic) bond motifs is 4. The van der Waals surface area contributed by atoms with Gasteiger partial charge in [0.15, 0.2) is 0 Å². The lowest BCUT2D eigenvalue weighted by atomic mass is 9.94. The SMILES string of the molecule is O=C(NC1CC2CCN(CC2)C1)n1cc(-c2ccc(F)cc2)cn1. The minimum atomic E-state index is -0.276. The molecule has 3 aliphatic rings. The van der Waals surface area contributed by atoms with Gasteiger partial charge in [0.25, 0.3) is 0 Å². The van der Waals surface area contributed by atoms with Crippen LogP contribution in [0.1, 0.15) is 19.3 Å². The summed E-state index contributed by atoms with van der Waals surface area (Å²) >= 11 is 0. The Morgan fingerprint density at radius 2 is 1.92 bits per heavy atom. The fourth-order valence-electron chi connectivity index (χ4n) is 3.76. The first kappa shape index (κ1) is 15.3. The van der Waals surface area contributed by atoms with Crippen LogP contribution in [0.4, 0.5) is 9.18 Å². The molecule has 4 heterocycles. The third kappa shape index (κ3) is 3.19. The molecule has 3 saturated heterocycles. The Balaban J connectivity index is 1.44. The van der Waals surface area contributed by atoms with Crippen LogP contribution in [-0.4, -0.2) is 46.4 Å². The van der Waals surface area contributed by atoms with Crippen molar-refractivity contribution in [3.8, 4) is 11.1 Å². The second kappa shape index (κ2) is 6.36. The highest BCUT2D eigenvalue weighted by molar-refractivity contribution is 5.77. The van der Waals surface area contributed by atoms with Gasteiger partial charge < -0.3 is 10.2 Å². The van der Waals surface area contributed by atoms with Crippen molar-refractivity contribution in [2.45, 2.75) is 25.3 Å². The molecule has 2 bridgehead atoms. The number of halogens is 1. The number of benzene rings is 1. The summed E-state index contributed by atoms with van der Waals surface area (Å²) in [4.78, 5) is 14.9. The highest BCUT2D eigenvalue weighted by Gasteiger charge is 2.30. The smallest absolute Gasteiger partial charge is 0.332 e. The molecule has 1 unspecified atom stereocenters. The van der Waals surface area contributed by atoms with E-state index in [1.165, 1.54) is 29.7 Å². The Kier molecular flexibility index (Phi) is 4.06. The Labute approximate surface area is 140 Å². The zero-order valence-corrected chi connectivity index (χ0v) is 13.5. The first-order valence-electron chi connectivity index (χ1n) is 8.51. The van der Waals surface area contributed by atoms with Crippen LogP contribution in [0.3, 0.4) is 0 Å². The van der Waals surface area contributed by atoms with E-state index >= 15 is 0 Å². The molecule has 2 aromatic rings. The van der Waals surface area contributed by atoms with Crippen LogP contribution in [-0.2, 0) is 0 Å². The third-order valence-corrected chi connectivity index (χ3v) is 5.10. The molecule has 3 fully saturated rings. The number of rotatable bonds is 2. The van der Waals surface area contributed by atoms with Gasteiger partial charge >= 0.3 is 6.03 Å². The molecule has 3 aliphatic heterocycles. The normalized spacial score (nSPS) is 26.1. The summed E-state index contributed by atoms with van der Waals surface area (Å²) in [6.07, 6.45) is 6.85. The average Bonchev–Trinajstić information content (AvgIpc) is 2.91. The summed E-state index contributed by atoms with van der Waals surface area (Å²) in [7, 11) is 0. The fraction of sp³-hybridized carbons (Fsp3) is 0.444. The van der Waals surface area contributed by atoms with Gasteiger partial charge in [-0.05, 0) is 56.0 Å². The zero-order valence-electron chi connectivity index (χ0n) is 13.5. The Morgan fingerprint density at radius 1 is 1.17 bits per heavy atom. The Morgan fingerprint density at radius 3 is 2.67 bits per heavy atom. The number of hydrogen-bond donors (Lipinski definition) is 1. The average molecular weight is 328 g/mol. The molecule has 0 aliphatic carbocycles. The van der Waals surface area contributed by atoms with Gasteiger partial charge in [0.05, 0.1) is 6.20 Å².